The molecule has 5 nitrogen and oxygen atoms in total. The van der Waals surface area contributed by atoms with E-state index in [1.807, 2.05) is 35.9 Å². The summed E-state index contributed by atoms with van der Waals surface area (Å²) in [4.78, 5) is 12.4. The molecule has 1 amide bonds. The monoisotopic (exact) mass is 326 g/mol. The van der Waals surface area contributed by atoms with E-state index in [-0.39, 0.29) is 11.9 Å². The molecule has 0 saturated heterocycles. The van der Waals surface area contributed by atoms with Crippen LogP contribution in [0.3, 0.4) is 0 Å². The van der Waals surface area contributed by atoms with E-state index < -0.39 is 0 Å². The average molecular weight is 326 g/mol. The molecule has 1 aromatic heterocycles. The van der Waals surface area contributed by atoms with Crippen molar-refractivity contribution in [1.29, 1.82) is 0 Å². The summed E-state index contributed by atoms with van der Waals surface area (Å²) in [5.41, 5.74) is 9.93. The molecule has 3 N–H and O–H groups in total. The standard InChI is InChI=1S/C19H26N4O/c1-13-11-14(2)23(22-13)12-15-3-5-16(6-4-15)19(24)21-18-9-7-17(20)8-10-18/h3-6,11,17-18H,7-10,12,20H2,1-2H3,(H,21,24). The number of rotatable bonds is 4. The number of hydrogen-bond donors (Lipinski definition) is 2. The molecule has 3 rings (SSSR count). The third-order valence-corrected chi connectivity index (χ3v) is 4.76. The number of nitrogens with two attached hydrogens (primary N) is 1. The predicted octanol–water partition coefficient (Wildman–Crippen LogP) is 2.55. The maximum Gasteiger partial charge on any atom is 0.251 e. The molecule has 2 aromatic rings. The van der Waals surface area contributed by atoms with Crippen LogP contribution in [0.1, 0.15) is 53.0 Å². The molecule has 1 aliphatic rings. The molecular formula is C19H26N4O. The van der Waals surface area contributed by atoms with E-state index in [0.717, 1.165) is 49.2 Å². The van der Waals surface area contributed by atoms with E-state index >= 15 is 0 Å². The Balaban J connectivity index is 1.59. The van der Waals surface area contributed by atoms with Crippen LogP contribution in [0, 0.1) is 13.8 Å². The van der Waals surface area contributed by atoms with Crippen molar-refractivity contribution in [2.24, 2.45) is 5.73 Å². The van der Waals surface area contributed by atoms with Crippen molar-refractivity contribution in [2.45, 2.75) is 58.2 Å². The number of amides is 1. The molecular weight excluding hydrogens is 300 g/mol. The van der Waals surface area contributed by atoms with E-state index in [2.05, 4.69) is 23.4 Å². The summed E-state index contributed by atoms with van der Waals surface area (Å²) in [6.45, 7) is 4.77. The Labute approximate surface area is 143 Å². The van der Waals surface area contributed by atoms with E-state index in [1.54, 1.807) is 0 Å². The number of carbonyl (C=O) groups is 1. The quantitative estimate of drug-likeness (QED) is 0.907. The van der Waals surface area contributed by atoms with E-state index in [4.69, 9.17) is 5.73 Å². The van der Waals surface area contributed by atoms with Crippen molar-refractivity contribution in [3.05, 3.63) is 52.8 Å². The molecule has 0 bridgehead atoms. The van der Waals surface area contributed by atoms with Crippen LogP contribution in [0.15, 0.2) is 30.3 Å². The fraction of sp³-hybridized carbons (Fsp3) is 0.474. The lowest BCUT2D eigenvalue weighted by Crippen LogP contribution is -2.40. The van der Waals surface area contributed by atoms with Gasteiger partial charge in [-0.05, 0) is 63.3 Å². The van der Waals surface area contributed by atoms with Crippen LogP contribution >= 0.6 is 0 Å². The molecule has 1 aliphatic carbocycles. The molecule has 24 heavy (non-hydrogen) atoms. The smallest absolute Gasteiger partial charge is 0.251 e. The SMILES string of the molecule is Cc1cc(C)n(Cc2ccc(C(=O)NC3CCC(N)CC3)cc2)n1. The highest BCUT2D eigenvalue weighted by molar-refractivity contribution is 5.94. The zero-order chi connectivity index (χ0) is 17.1. The third-order valence-electron chi connectivity index (χ3n) is 4.76. The Morgan fingerprint density at radius 1 is 1.21 bits per heavy atom. The van der Waals surface area contributed by atoms with Crippen molar-refractivity contribution in [3.63, 3.8) is 0 Å². The third kappa shape index (κ3) is 4.03. The van der Waals surface area contributed by atoms with E-state index in [9.17, 15) is 4.79 Å². The van der Waals surface area contributed by atoms with Crippen LogP contribution in [0.4, 0.5) is 0 Å². The van der Waals surface area contributed by atoms with Gasteiger partial charge in [0.05, 0.1) is 12.2 Å². The predicted molar refractivity (Wildman–Crippen MR) is 94.9 cm³/mol. The summed E-state index contributed by atoms with van der Waals surface area (Å²) in [6, 6.07) is 10.4. The molecule has 0 spiro atoms. The zero-order valence-corrected chi connectivity index (χ0v) is 14.5. The number of aryl methyl sites for hydroxylation is 2. The summed E-state index contributed by atoms with van der Waals surface area (Å²) < 4.78 is 1.98. The highest BCUT2D eigenvalue weighted by atomic mass is 16.1. The van der Waals surface area contributed by atoms with Gasteiger partial charge in [0.1, 0.15) is 0 Å². The summed E-state index contributed by atoms with van der Waals surface area (Å²) in [5, 5.41) is 7.60. The van der Waals surface area contributed by atoms with Crippen LogP contribution in [-0.4, -0.2) is 27.8 Å². The van der Waals surface area contributed by atoms with Crippen molar-refractivity contribution >= 4 is 5.91 Å². The fourth-order valence-corrected chi connectivity index (χ4v) is 3.30. The second kappa shape index (κ2) is 7.18. The van der Waals surface area contributed by atoms with Crippen LogP contribution in [0.5, 0.6) is 0 Å². The Morgan fingerprint density at radius 3 is 2.46 bits per heavy atom. The van der Waals surface area contributed by atoms with E-state index in [0.29, 0.717) is 11.6 Å². The number of carbonyl (C=O) groups excluding carboxylic acids is 1. The first-order valence-electron chi connectivity index (χ1n) is 8.67. The van der Waals surface area contributed by atoms with Crippen LogP contribution in [0.25, 0.3) is 0 Å². The zero-order valence-electron chi connectivity index (χ0n) is 14.5. The van der Waals surface area contributed by atoms with E-state index in [1.165, 1.54) is 0 Å². The van der Waals surface area contributed by atoms with Crippen LogP contribution in [0.2, 0.25) is 0 Å². The minimum Gasteiger partial charge on any atom is -0.349 e. The number of aromatic nitrogens is 2. The topological polar surface area (TPSA) is 72.9 Å². The average Bonchev–Trinajstić information content (AvgIpc) is 2.88. The molecule has 0 radical (unpaired) electrons. The van der Waals surface area contributed by atoms with Gasteiger partial charge in [-0.15, -0.1) is 0 Å². The van der Waals surface area contributed by atoms with Crippen molar-refractivity contribution < 1.29 is 4.79 Å². The molecule has 5 heteroatoms. The van der Waals surface area contributed by atoms with Crippen molar-refractivity contribution in [3.8, 4) is 0 Å². The molecule has 1 fully saturated rings. The normalized spacial score (nSPS) is 20.8. The Hall–Kier alpha value is -2.14. The molecule has 1 saturated carbocycles. The van der Waals surface area contributed by atoms with Gasteiger partial charge < -0.3 is 11.1 Å². The van der Waals surface area contributed by atoms with Gasteiger partial charge in [0, 0.05) is 23.3 Å². The van der Waals surface area contributed by atoms with Crippen molar-refractivity contribution in [1.82, 2.24) is 15.1 Å². The fourth-order valence-electron chi connectivity index (χ4n) is 3.30. The Bertz CT molecular complexity index is 697. The maximum atomic E-state index is 12.4. The van der Waals surface area contributed by atoms with Gasteiger partial charge in [-0.2, -0.15) is 5.10 Å². The number of hydrogen-bond acceptors (Lipinski definition) is 3. The summed E-state index contributed by atoms with van der Waals surface area (Å²) in [7, 11) is 0. The van der Waals surface area contributed by atoms with Gasteiger partial charge in [0.15, 0.2) is 0 Å². The molecule has 0 atom stereocenters. The lowest BCUT2D eigenvalue weighted by Gasteiger charge is -2.26. The molecule has 1 heterocycles. The molecule has 0 unspecified atom stereocenters. The van der Waals surface area contributed by atoms with Gasteiger partial charge >= 0.3 is 0 Å². The molecule has 128 valence electrons. The second-order valence-corrected chi connectivity index (χ2v) is 6.87. The largest absolute Gasteiger partial charge is 0.349 e. The minimum absolute atomic E-state index is 0.00753. The summed E-state index contributed by atoms with van der Waals surface area (Å²) >= 11 is 0. The van der Waals surface area contributed by atoms with Gasteiger partial charge in [0.25, 0.3) is 5.91 Å². The molecule has 1 aromatic carbocycles. The first kappa shape index (κ1) is 16.7. The summed E-state index contributed by atoms with van der Waals surface area (Å²) in [6.07, 6.45) is 3.94. The minimum atomic E-state index is 0.00753. The Kier molecular flexibility index (Phi) is 5.00. The first-order chi connectivity index (χ1) is 11.5. The second-order valence-electron chi connectivity index (χ2n) is 6.87. The van der Waals surface area contributed by atoms with Crippen molar-refractivity contribution in [2.75, 3.05) is 0 Å². The maximum absolute atomic E-state index is 12.4. The van der Waals surface area contributed by atoms with Gasteiger partial charge in [-0.25, -0.2) is 0 Å². The number of nitrogens with one attached hydrogen (secondary N) is 1. The number of nitrogens with zero attached hydrogens (tertiary/aromatic N) is 2. The Morgan fingerprint density at radius 2 is 1.88 bits per heavy atom. The lowest BCUT2D eigenvalue weighted by atomic mass is 9.91. The van der Waals surface area contributed by atoms with Gasteiger partial charge in [-0.1, -0.05) is 12.1 Å². The number of benzene rings is 1. The molecule has 0 aliphatic heterocycles. The first-order valence-corrected chi connectivity index (χ1v) is 8.67. The van der Waals surface area contributed by atoms with Gasteiger partial charge in [0.2, 0.25) is 0 Å². The lowest BCUT2D eigenvalue weighted by molar-refractivity contribution is 0.0926. The highest BCUT2D eigenvalue weighted by Gasteiger charge is 2.20. The van der Waals surface area contributed by atoms with Gasteiger partial charge in [-0.3, -0.25) is 9.48 Å². The van der Waals surface area contributed by atoms with Crippen LogP contribution in [-0.2, 0) is 6.54 Å². The van der Waals surface area contributed by atoms with Crippen LogP contribution < -0.4 is 11.1 Å². The summed E-state index contributed by atoms with van der Waals surface area (Å²) in [5.74, 6) is 0.00753. The highest BCUT2D eigenvalue weighted by Crippen LogP contribution is 2.17.